The first-order valence-electron chi connectivity index (χ1n) is 8.67. The average Bonchev–Trinajstić information content (AvgIpc) is 2.65. The molecule has 146 valence electrons. The number of esters is 1. The van der Waals surface area contributed by atoms with Crippen molar-refractivity contribution in [1.29, 1.82) is 0 Å². The molecule has 0 N–H and O–H groups in total. The summed E-state index contributed by atoms with van der Waals surface area (Å²) in [7, 11) is -2.15. The lowest BCUT2D eigenvalue weighted by Gasteiger charge is -2.21. The first kappa shape index (κ1) is 20.9. The molecule has 27 heavy (non-hydrogen) atoms. The predicted octanol–water partition coefficient (Wildman–Crippen LogP) is 3.26. The van der Waals surface area contributed by atoms with Gasteiger partial charge in [-0.1, -0.05) is 24.3 Å². The van der Waals surface area contributed by atoms with Gasteiger partial charge in [0.15, 0.2) is 0 Å². The van der Waals surface area contributed by atoms with Crippen LogP contribution in [0.5, 0.6) is 5.75 Å². The summed E-state index contributed by atoms with van der Waals surface area (Å²) in [6.07, 6.45) is 0. The van der Waals surface area contributed by atoms with Crippen molar-refractivity contribution in [3.63, 3.8) is 0 Å². The predicted molar refractivity (Wildman–Crippen MR) is 103 cm³/mol. The Morgan fingerprint density at radius 3 is 2.44 bits per heavy atom. The van der Waals surface area contributed by atoms with E-state index in [1.807, 2.05) is 31.2 Å². The first-order chi connectivity index (χ1) is 12.7. The molecule has 2 rings (SSSR count). The van der Waals surface area contributed by atoms with Crippen molar-refractivity contribution < 1.29 is 22.7 Å². The first-order valence-corrected chi connectivity index (χ1v) is 10.1. The maximum absolute atomic E-state index is 12.6. The fourth-order valence-electron chi connectivity index (χ4n) is 2.32. The molecule has 0 heterocycles. The summed E-state index contributed by atoms with van der Waals surface area (Å²) in [5, 5.41) is 0. The molecule has 0 atom stereocenters. The number of para-hydroxylation sites is 1. The molecule has 0 amide bonds. The van der Waals surface area contributed by atoms with E-state index in [0.29, 0.717) is 0 Å². The fraction of sp³-hybridized carbons (Fsp3) is 0.350. The summed E-state index contributed by atoms with van der Waals surface area (Å²) in [6, 6.07) is 13.2. The highest BCUT2D eigenvalue weighted by molar-refractivity contribution is 7.89. The highest BCUT2D eigenvalue weighted by Crippen LogP contribution is 2.19. The van der Waals surface area contributed by atoms with Gasteiger partial charge in [-0.15, -0.1) is 0 Å². The number of hydrogen-bond donors (Lipinski definition) is 0. The van der Waals surface area contributed by atoms with Gasteiger partial charge in [0.05, 0.1) is 10.5 Å². The maximum atomic E-state index is 12.6. The van der Waals surface area contributed by atoms with E-state index in [0.717, 1.165) is 11.3 Å². The van der Waals surface area contributed by atoms with E-state index in [9.17, 15) is 13.2 Å². The van der Waals surface area contributed by atoms with Crippen LogP contribution in [0.15, 0.2) is 53.4 Å². The number of carbonyl (C=O) groups is 1. The third-order valence-electron chi connectivity index (χ3n) is 4.14. The molecule has 0 aliphatic rings. The largest absolute Gasteiger partial charge is 0.490 e. The van der Waals surface area contributed by atoms with E-state index < -0.39 is 16.0 Å². The number of sulfonamides is 1. The molecule has 0 aliphatic carbocycles. The van der Waals surface area contributed by atoms with Gasteiger partial charge in [-0.25, -0.2) is 13.2 Å². The Morgan fingerprint density at radius 1 is 1.07 bits per heavy atom. The quantitative estimate of drug-likeness (QED) is 0.510. The van der Waals surface area contributed by atoms with Crippen molar-refractivity contribution in [3.8, 4) is 5.75 Å². The Morgan fingerprint density at radius 2 is 1.78 bits per heavy atom. The molecule has 6 nitrogen and oxygen atoms in total. The second kappa shape index (κ2) is 9.01. The normalized spacial score (nSPS) is 11.6. The number of ether oxygens (including phenoxy) is 2. The molecular formula is C20H25NO5S. The summed E-state index contributed by atoms with van der Waals surface area (Å²) in [6.45, 7) is 5.77. The second-order valence-corrected chi connectivity index (χ2v) is 8.39. The Balaban J connectivity index is 1.98. The minimum absolute atomic E-state index is 0.0595. The fourth-order valence-corrected chi connectivity index (χ4v) is 3.73. The van der Waals surface area contributed by atoms with E-state index in [2.05, 4.69) is 0 Å². The maximum Gasteiger partial charge on any atom is 0.338 e. The van der Waals surface area contributed by atoms with E-state index in [1.165, 1.54) is 35.6 Å². The minimum atomic E-state index is -3.66. The van der Waals surface area contributed by atoms with Gasteiger partial charge in [-0.05, 0) is 50.6 Å². The molecular weight excluding hydrogens is 366 g/mol. The summed E-state index contributed by atoms with van der Waals surface area (Å²) in [5.74, 6) is 0.144. The lowest BCUT2D eigenvalue weighted by Crippen LogP contribution is -2.33. The van der Waals surface area contributed by atoms with Crippen LogP contribution in [0.1, 0.15) is 29.8 Å². The van der Waals surface area contributed by atoms with Crippen LogP contribution in [0.4, 0.5) is 0 Å². The number of hydrogen-bond acceptors (Lipinski definition) is 5. The van der Waals surface area contributed by atoms with Crippen molar-refractivity contribution in [2.75, 3.05) is 20.3 Å². The molecule has 7 heteroatoms. The van der Waals surface area contributed by atoms with Gasteiger partial charge >= 0.3 is 5.97 Å². The second-order valence-electron chi connectivity index (χ2n) is 6.39. The molecule has 0 saturated heterocycles. The van der Waals surface area contributed by atoms with E-state index in [4.69, 9.17) is 9.47 Å². The van der Waals surface area contributed by atoms with Gasteiger partial charge in [0.2, 0.25) is 10.0 Å². The third-order valence-corrected chi connectivity index (χ3v) is 6.17. The molecule has 2 aromatic rings. The molecule has 0 aliphatic heterocycles. The van der Waals surface area contributed by atoms with Gasteiger partial charge < -0.3 is 9.47 Å². The zero-order valence-corrected chi connectivity index (χ0v) is 16.8. The van der Waals surface area contributed by atoms with Crippen LogP contribution >= 0.6 is 0 Å². The highest BCUT2D eigenvalue weighted by atomic mass is 32.2. The molecule has 0 bridgehead atoms. The Labute approximate surface area is 160 Å². The Kier molecular flexibility index (Phi) is 6.98. The average molecular weight is 391 g/mol. The van der Waals surface area contributed by atoms with Gasteiger partial charge in [0.25, 0.3) is 0 Å². The lowest BCUT2D eigenvalue weighted by molar-refractivity contribution is 0.0450. The SMILES string of the molecule is Cc1ccccc1OCCOC(=O)c1cccc(S(=O)(=O)N(C)C(C)C)c1. The monoisotopic (exact) mass is 391 g/mol. The molecule has 0 fully saturated rings. The van der Waals surface area contributed by atoms with Gasteiger partial charge in [-0.2, -0.15) is 4.31 Å². The molecule has 0 unspecified atom stereocenters. The van der Waals surface area contributed by atoms with Crippen LogP contribution in [-0.4, -0.2) is 45.0 Å². The highest BCUT2D eigenvalue weighted by Gasteiger charge is 2.24. The molecule has 0 aromatic heterocycles. The molecule has 0 radical (unpaired) electrons. The van der Waals surface area contributed by atoms with E-state index in [1.54, 1.807) is 13.8 Å². The summed E-state index contributed by atoms with van der Waals surface area (Å²) in [4.78, 5) is 12.3. The van der Waals surface area contributed by atoms with Crippen LogP contribution < -0.4 is 4.74 Å². The summed E-state index contributed by atoms with van der Waals surface area (Å²) < 4.78 is 37.1. The van der Waals surface area contributed by atoms with Crippen LogP contribution in [0.2, 0.25) is 0 Å². The Bertz CT molecular complexity index is 893. The number of carbonyl (C=O) groups excluding carboxylic acids is 1. The van der Waals surface area contributed by atoms with E-state index >= 15 is 0 Å². The summed E-state index contributed by atoms with van der Waals surface area (Å²) in [5.41, 5.74) is 1.18. The molecule has 0 saturated carbocycles. The topological polar surface area (TPSA) is 72.9 Å². The van der Waals surface area contributed by atoms with Crippen LogP contribution in [-0.2, 0) is 14.8 Å². The van der Waals surface area contributed by atoms with Gasteiger partial charge in [0, 0.05) is 13.1 Å². The number of nitrogens with zero attached hydrogens (tertiary/aromatic N) is 1. The van der Waals surface area contributed by atoms with Crippen molar-refractivity contribution in [2.45, 2.75) is 31.7 Å². The number of aryl methyl sites for hydroxylation is 1. The third kappa shape index (κ3) is 5.30. The smallest absolute Gasteiger partial charge is 0.338 e. The van der Waals surface area contributed by atoms with Crippen molar-refractivity contribution in [3.05, 3.63) is 59.7 Å². The van der Waals surface area contributed by atoms with Crippen LogP contribution in [0, 0.1) is 6.92 Å². The van der Waals surface area contributed by atoms with Crippen molar-refractivity contribution >= 4 is 16.0 Å². The summed E-state index contributed by atoms with van der Waals surface area (Å²) >= 11 is 0. The van der Waals surface area contributed by atoms with Crippen LogP contribution in [0.25, 0.3) is 0 Å². The number of benzene rings is 2. The zero-order valence-electron chi connectivity index (χ0n) is 16.0. The van der Waals surface area contributed by atoms with Gasteiger partial charge in [-0.3, -0.25) is 0 Å². The van der Waals surface area contributed by atoms with Gasteiger partial charge in [0.1, 0.15) is 19.0 Å². The van der Waals surface area contributed by atoms with Crippen molar-refractivity contribution in [1.82, 2.24) is 4.31 Å². The van der Waals surface area contributed by atoms with Crippen LogP contribution in [0.3, 0.4) is 0 Å². The number of rotatable bonds is 8. The minimum Gasteiger partial charge on any atom is -0.490 e. The zero-order chi connectivity index (χ0) is 20.0. The van der Waals surface area contributed by atoms with E-state index in [-0.39, 0.29) is 29.7 Å². The lowest BCUT2D eigenvalue weighted by atomic mass is 10.2. The molecule has 0 spiro atoms. The standard InChI is InChI=1S/C20H25NO5S/c1-15(2)21(4)27(23,24)18-10-7-9-17(14-18)20(22)26-13-12-25-19-11-6-5-8-16(19)3/h5-11,14-15H,12-13H2,1-4H3. The van der Waals surface area contributed by atoms with Crippen molar-refractivity contribution in [2.24, 2.45) is 0 Å². The Hall–Kier alpha value is -2.38. The molecule has 2 aromatic carbocycles.